The van der Waals surface area contributed by atoms with Crippen molar-refractivity contribution < 1.29 is 9.90 Å². The fourth-order valence-electron chi connectivity index (χ4n) is 1.25. The number of aliphatic hydroxyl groups is 1. The number of rotatable bonds is 0. The van der Waals surface area contributed by atoms with Crippen molar-refractivity contribution in [3.05, 3.63) is 35.3 Å². The lowest BCUT2D eigenvalue weighted by atomic mass is 10.2. The zero-order valence-corrected chi connectivity index (χ0v) is 7.32. The Morgan fingerprint density at radius 3 is 3.15 bits per heavy atom. The number of carbonyl (C=O) groups is 1. The third-order valence-corrected chi connectivity index (χ3v) is 2.07. The number of aliphatic hydroxyl groups excluding tert-OH is 1. The molecule has 0 saturated heterocycles. The van der Waals surface area contributed by atoms with Crippen LogP contribution in [0.15, 0.2) is 35.3 Å². The van der Waals surface area contributed by atoms with Gasteiger partial charge >= 0.3 is 0 Å². The summed E-state index contributed by atoms with van der Waals surface area (Å²) in [4.78, 5) is 12.7. The molecular formula is C8H7ClN2O2. The van der Waals surface area contributed by atoms with Crippen molar-refractivity contribution >= 4 is 17.5 Å². The van der Waals surface area contributed by atoms with Gasteiger partial charge in [-0.2, -0.15) is 0 Å². The Balaban J connectivity index is 2.36. The van der Waals surface area contributed by atoms with Gasteiger partial charge in [0.2, 0.25) is 0 Å². The van der Waals surface area contributed by atoms with Crippen molar-refractivity contribution in [3.8, 4) is 0 Å². The van der Waals surface area contributed by atoms with E-state index in [9.17, 15) is 9.90 Å². The number of halogens is 1. The predicted molar refractivity (Wildman–Crippen MR) is 47.6 cm³/mol. The van der Waals surface area contributed by atoms with Gasteiger partial charge in [0.1, 0.15) is 10.9 Å². The lowest BCUT2D eigenvalue weighted by Gasteiger charge is -2.33. The molecule has 0 radical (unpaired) electrons. The normalized spacial score (nSPS) is 26.1. The lowest BCUT2D eigenvalue weighted by Crippen LogP contribution is -2.49. The molecule has 2 aliphatic rings. The molecule has 1 atom stereocenters. The summed E-state index contributed by atoms with van der Waals surface area (Å²) in [6.07, 6.45) is 5.39. The Kier molecular flexibility index (Phi) is 1.77. The molecular weight excluding hydrogens is 192 g/mol. The van der Waals surface area contributed by atoms with E-state index in [1.54, 1.807) is 12.3 Å². The fraction of sp³-hybridized carbons (Fsp3) is 0.125. The van der Waals surface area contributed by atoms with Gasteiger partial charge in [-0.05, 0) is 12.2 Å². The number of nitrogens with zero attached hydrogens (tertiary/aromatic N) is 1. The van der Waals surface area contributed by atoms with Crippen LogP contribution in [0.2, 0.25) is 0 Å². The number of fused-ring (bicyclic) bond motifs is 1. The van der Waals surface area contributed by atoms with E-state index in [1.807, 2.05) is 0 Å². The molecule has 1 unspecified atom stereocenters. The highest BCUT2D eigenvalue weighted by atomic mass is 35.5. The minimum Gasteiger partial charge on any atom is -0.508 e. The summed E-state index contributed by atoms with van der Waals surface area (Å²) in [7, 11) is 0. The largest absolute Gasteiger partial charge is 0.508 e. The first kappa shape index (κ1) is 8.19. The number of hydrogen-bond acceptors (Lipinski definition) is 3. The number of hydrogen-bond donors (Lipinski definition) is 2. The summed E-state index contributed by atoms with van der Waals surface area (Å²) in [5.41, 5.74) is 0. The summed E-state index contributed by atoms with van der Waals surface area (Å²) >= 11 is 5.64. The Morgan fingerprint density at radius 2 is 2.38 bits per heavy atom. The van der Waals surface area contributed by atoms with E-state index in [2.05, 4.69) is 5.32 Å². The van der Waals surface area contributed by atoms with Crippen LogP contribution in [0.1, 0.15) is 0 Å². The van der Waals surface area contributed by atoms with Crippen molar-refractivity contribution in [2.75, 3.05) is 0 Å². The minimum atomic E-state index is -0.560. The first-order valence-corrected chi connectivity index (χ1v) is 4.09. The highest BCUT2D eigenvalue weighted by Crippen LogP contribution is 2.19. The molecule has 0 aromatic rings. The summed E-state index contributed by atoms with van der Waals surface area (Å²) in [6.45, 7) is 0. The van der Waals surface area contributed by atoms with Crippen LogP contribution >= 0.6 is 11.6 Å². The van der Waals surface area contributed by atoms with Crippen LogP contribution in [0, 0.1) is 0 Å². The second-order valence-corrected chi connectivity index (χ2v) is 3.12. The average Bonchev–Trinajstić information content (AvgIpc) is 2.07. The van der Waals surface area contributed by atoms with Gasteiger partial charge in [-0.1, -0.05) is 11.6 Å². The molecule has 0 bridgehead atoms. The second-order valence-electron chi connectivity index (χ2n) is 2.72. The molecule has 2 rings (SSSR count). The van der Waals surface area contributed by atoms with Gasteiger partial charge in [-0.3, -0.25) is 9.69 Å². The van der Waals surface area contributed by atoms with E-state index in [1.165, 1.54) is 17.1 Å². The van der Waals surface area contributed by atoms with E-state index in [-0.39, 0.29) is 16.8 Å². The molecule has 0 spiro atoms. The average molecular weight is 199 g/mol. The highest BCUT2D eigenvalue weighted by Gasteiger charge is 2.29. The zero-order chi connectivity index (χ0) is 9.42. The topological polar surface area (TPSA) is 52.6 Å². The van der Waals surface area contributed by atoms with Crippen LogP contribution < -0.4 is 5.32 Å². The molecule has 2 heterocycles. The second kappa shape index (κ2) is 2.81. The van der Waals surface area contributed by atoms with E-state index in [0.717, 1.165) is 0 Å². The minimum absolute atomic E-state index is 0.0714. The maximum atomic E-state index is 11.3. The van der Waals surface area contributed by atoms with Gasteiger partial charge in [-0.25, -0.2) is 0 Å². The molecule has 0 aromatic carbocycles. The third kappa shape index (κ3) is 1.29. The van der Waals surface area contributed by atoms with Gasteiger partial charge in [0.05, 0.1) is 0 Å². The van der Waals surface area contributed by atoms with E-state index in [0.29, 0.717) is 0 Å². The fourth-order valence-corrected chi connectivity index (χ4v) is 1.45. The molecule has 1 amide bonds. The number of amides is 1. The van der Waals surface area contributed by atoms with Gasteiger partial charge in [0.25, 0.3) is 5.91 Å². The number of allylic oxidation sites excluding steroid dienone is 2. The third-order valence-electron chi connectivity index (χ3n) is 1.85. The summed E-state index contributed by atoms with van der Waals surface area (Å²) in [5, 5.41) is 12.4. The zero-order valence-electron chi connectivity index (χ0n) is 6.57. The van der Waals surface area contributed by atoms with Gasteiger partial charge in [0.15, 0.2) is 6.17 Å². The lowest BCUT2D eigenvalue weighted by molar-refractivity contribution is -0.126. The van der Waals surface area contributed by atoms with Crippen molar-refractivity contribution in [3.63, 3.8) is 0 Å². The van der Waals surface area contributed by atoms with Gasteiger partial charge in [0, 0.05) is 12.3 Å². The summed E-state index contributed by atoms with van der Waals surface area (Å²) < 4.78 is 0. The van der Waals surface area contributed by atoms with Crippen LogP contribution in [0.3, 0.4) is 0 Å². The molecule has 0 fully saturated rings. The predicted octanol–water partition coefficient (Wildman–Crippen LogP) is 0.794. The van der Waals surface area contributed by atoms with Gasteiger partial charge < -0.3 is 10.4 Å². The van der Waals surface area contributed by atoms with Crippen LogP contribution in [-0.4, -0.2) is 22.1 Å². The molecule has 2 aliphatic heterocycles. The van der Waals surface area contributed by atoms with Crippen molar-refractivity contribution in [2.24, 2.45) is 0 Å². The molecule has 2 N–H and O–H groups in total. The SMILES string of the molecule is O=C1C=C(Cl)NC2C(O)=CC=CN12. The monoisotopic (exact) mass is 198 g/mol. The Bertz CT molecular complexity index is 346. The van der Waals surface area contributed by atoms with Gasteiger partial charge in [-0.15, -0.1) is 0 Å². The highest BCUT2D eigenvalue weighted by molar-refractivity contribution is 6.31. The Hall–Kier alpha value is -1.42. The number of nitrogens with one attached hydrogen (secondary N) is 1. The quantitative estimate of drug-likeness (QED) is 0.566. The standard InChI is InChI=1S/C8H7ClN2O2/c9-6-4-7(13)11-3-1-2-5(12)8(11)10-6/h1-4,8,10,12H. The van der Waals surface area contributed by atoms with Crippen LogP contribution in [0.5, 0.6) is 0 Å². The Labute approximate surface area is 79.8 Å². The molecule has 68 valence electrons. The van der Waals surface area contributed by atoms with Crippen LogP contribution in [0.4, 0.5) is 0 Å². The molecule has 5 heteroatoms. The summed E-state index contributed by atoms with van der Waals surface area (Å²) in [5.74, 6) is -0.174. The maximum Gasteiger partial charge on any atom is 0.255 e. The number of carbonyl (C=O) groups excluding carboxylic acids is 1. The summed E-state index contributed by atoms with van der Waals surface area (Å²) in [6, 6.07) is 0. The Morgan fingerprint density at radius 1 is 1.62 bits per heavy atom. The smallest absolute Gasteiger partial charge is 0.255 e. The van der Waals surface area contributed by atoms with E-state index in [4.69, 9.17) is 11.6 Å². The molecule has 0 aromatic heterocycles. The van der Waals surface area contributed by atoms with Crippen molar-refractivity contribution in [1.29, 1.82) is 0 Å². The molecule has 4 nitrogen and oxygen atoms in total. The molecule has 0 saturated carbocycles. The van der Waals surface area contributed by atoms with E-state index >= 15 is 0 Å². The molecule has 0 aliphatic carbocycles. The van der Waals surface area contributed by atoms with Crippen molar-refractivity contribution in [1.82, 2.24) is 10.2 Å². The van der Waals surface area contributed by atoms with Crippen LogP contribution in [0.25, 0.3) is 0 Å². The first-order chi connectivity index (χ1) is 6.18. The van der Waals surface area contributed by atoms with E-state index < -0.39 is 6.17 Å². The van der Waals surface area contributed by atoms with Crippen LogP contribution in [-0.2, 0) is 4.79 Å². The molecule has 13 heavy (non-hydrogen) atoms. The maximum absolute atomic E-state index is 11.3. The first-order valence-electron chi connectivity index (χ1n) is 3.72. The van der Waals surface area contributed by atoms with Crippen molar-refractivity contribution in [2.45, 2.75) is 6.17 Å².